The molecule has 0 aliphatic carbocycles. The van der Waals surface area contributed by atoms with Crippen molar-refractivity contribution in [3.63, 3.8) is 0 Å². The monoisotopic (exact) mass is 402 g/mol. The second kappa shape index (κ2) is 8.43. The van der Waals surface area contributed by atoms with Crippen molar-refractivity contribution in [3.05, 3.63) is 90.1 Å². The Balaban J connectivity index is 1.93. The highest BCUT2D eigenvalue weighted by molar-refractivity contribution is 6.73. The number of hydrogen-bond acceptors (Lipinski definition) is 2. The zero-order valence-corrected chi connectivity index (χ0v) is 18.6. The molecule has 0 unspecified atom stereocenters. The van der Waals surface area contributed by atoms with Crippen LogP contribution in [0.15, 0.2) is 79.0 Å². The molecule has 1 aromatic heterocycles. The number of rotatable bonds is 7. The van der Waals surface area contributed by atoms with Crippen molar-refractivity contribution in [1.29, 1.82) is 0 Å². The van der Waals surface area contributed by atoms with Crippen molar-refractivity contribution in [1.82, 2.24) is 4.57 Å². The molecule has 0 saturated carbocycles. The highest BCUT2D eigenvalue weighted by atomic mass is 28.4. The SMILES string of the molecule is CC[Si](CC)(CC)ON1C(c2ccccc2)=C(c2ccccc2)Cn2cccc21. The number of hydrogen-bond donors (Lipinski definition) is 0. The van der Waals surface area contributed by atoms with Crippen LogP contribution in [0.25, 0.3) is 11.3 Å². The fourth-order valence-corrected chi connectivity index (χ4v) is 6.65. The molecule has 4 rings (SSSR count). The van der Waals surface area contributed by atoms with Gasteiger partial charge in [-0.05, 0) is 35.8 Å². The van der Waals surface area contributed by atoms with Crippen molar-refractivity contribution in [2.45, 2.75) is 45.4 Å². The van der Waals surface area contributed by atoms with Gasteiger partial charge in [0, 0.05) is 17.3 Å². The van der Waals surface area contributed by atoms with Crippen molar-refractivity contribution >= 4 is 25.4 Å². The van der Waals surface area contributed by atoms with Crippen molar-refractivity contribution in [2.24, 2.45) is 0 Å². The molecule has 4 heteroatoms. The first-order chi connectivity index (χ1) is 14.2. The third-order valence-corrected chi connectivity index (χ3v) is 10.7. The zero-order valence-electron chi connectivity index (χ0n) is 17.6. The summed E-state index contributed by atoms with van der Waals surface area (Å²) < 4.78 is 9.32. The van der Waals surface area contributed by atoms with Gasteiger partial charge in [0.05, 0.1) is 12.2 Å². The summed E-state index contributed by atoms with van der Waals surface area (Å²) in [5.74, 6) is 1.12. The molecule has 2 heterocycles. The molecule has 0 amide bonds. The van der Waals surface area contributed by atoms with Gasteiger partial charge in [0.1, 0.15) is 5.82 Å². The molecule has 0 atom stereocenters. The van der Waals surface area contributed by atoms with E-state index in [-0.39, 0.29) is 0 Å². The molecule has 0 spiro atoms. The Labute approximate surface area is 175 Å². The fourth-order valence-electron chi connectivity index (χ4n) is 4.19. The van der Waals surface area contributed by atoms with Gasteiger partial charge >= 0.3 is 0 Å². The summed E-state index contributed by atoms with van der Waals surface area (Å²) in [6.45, 7) is 7.69. The average Bonchev–Trinajstić information content (AvgIpc) is 3.27. The molecule has 3 aromatic rings. The zero-order chi connectivity index (χ0) is 20.3. The third-order valence-electron chi connectivity index (χ3n) is 6.22. The van der Waals surface area contributed by atoms with Gasteiger partial charge in [-0.2, -0.15) is 0 Å². The van der Waals surface area contributed by atoms with Gasteiger partial charge in [0.15, 0.2) is 0 Å². The summed E-state index contributed by atoms with van der Waals surface area (Å²) in [5, 5.41) is 2.16. The number of allylic oxidation sites excluding steroid dienone is 1. The Morgan fingerprint density at radius 1 is 0.759 bits per heavy atom. The summed E-state index contributed by atoms with van der Waals surface area (Å²) in [5.41, 5.74) is 4.92. The number of benzene rings is 2. The molecule has 1 aliphatic heterocycles. The van der Waals surface area contributed by atoms with Crippen LogP contribution in [0.4, 0.5) is 5.82 Å². The second-order valence-corrected chi connectivity index (χ2v) is 12.4. The van der Waals surface area contributed by atoms with Gasteiger partial charge in [-0.1, -0.05) is 81.4 Å². The van der Waals surface area contributed by atoms with Gasteiger partial charge in [-0.25, -0.2) is 5.06 Å². The fraction of sp³-hybridized carbons (Fsp3) is 0.280. The number of nitrogens with zero attached hydrogens (tertiary/aromatic N) is 2. The standard InChI is InChI=1S/C25H30N2OSi/c1-4-29(5-2,6-3)28-27-24-18-13-19-26(24)20-23(21-14-9-7-10-15-21)25(27)22-16-11-8-12-17-22/h7-19H,4-6,20H2,1-3H3. The van der Waals surface area contributed by atoms with Crippen LogP contribution in [0.5, 0.6) is 0 Å². The lowest BCUT2D eigenvalue weighted by molar-refractivity contribution is 0.299. The van der Waals surface area contributed by atoms with Crippen LogP contribution >= 0.6 is 0 Å². The van der Waals surface area contributed by atoms with E-state index in [9.17, 15) is 0 Å². The van der Waals surface area contributed by atoms with Crippen LogP contribution in [-0.2, 0) is 11.1 Å². The molecule has 1 aliphatic rings. The van der Waals surface area contributed by atoms with Crippen LogP contribution in [-0.4, -0.2) is 12.9 Å². The normalized spacial score (nSPS) is 14.2. The Bertz CT molecular complexity index is 966. The summed E-state index contributed by atoms with van der Waals surface area (Å²) in [6, 6.07) is 29.0. The first-order valence-electron chi connectivity index (χ1n) is 10.7. The second-order valence-electron chi connectivity index (χ2n) is 7.68. The maximum atomic E-state index is 7.02. The molecule has 0 N–H and O–H groups in total. The predicted octanol–water partition coefficient (Wildman–Crippen LogP) is 6.81. The van der Waals surface area contributed by atoms with Crippen molar-refractivity contribution < 1.29 is 4.53 Å². The lowest BCUT2D eigenvalue weighted by atomic mass is 9.97. The molecule has 150 valence electrons. The first-order valence-corrected chi connectivity index (χ1v) is 13.2. The van der Waals surface area contributed by atoms with Crippen molar-refractivity contribution in [2.75, 3.05) is 5.06 Å². The molecule has 0 fully saturated rings. The van der Waals surface area contributed by atoms with Gasteiger partial charge in [-0.3, -0.25) is 0 Å². The maximum absolute atomic E-state index is 7.02. The molecule has 0 bridgehead atoms. The quantitative estimate of drug-likeness (QED) is 0.404. The lowest BCUT2D eigenvalue weighted by Crippen LogP contribution is -2.44. The minimum atomic E-state index is -1.87. The Hall–Kier alpha value is -2.56. The predicted molar refractivity (Wildman–Crippen MR) is 125 cm³/mol. The van der Waals surface area contributed by atoms with E-state index in [1.807, 2.05) is 0 Å². The van der Waals surface area contributed by atoms with Gasteiger partial charge in [0.2, 0.25) is 8.32 Å². The smallest absolute Gasteiger partial charge is 0.229 e. The summed E-state index contributed by atoms with van der Waals surface area (Å²) in [7, 11) is -1.87. The molecule has 0 radical (unpaired) electrons. The average molecular weight is 403 g/mol. The Morgan fingerprint density at radius 2 is 1.34 bits per heavy atom. The Kier molecular flexibility index (Phi) is 5.74. The maximum Gasteiger partial charge on any atom is 0.229 e. The minimum Gasteiger partial charge on any atom is -0.328 e. The summed E-state index contributed by atoms with van der Waals surface area (Å²) in [4.78, 5) is 0. The number of anilines is 1. The van der Waals surface area contributed by atoms with Crippen LogP contribution in [0, 0.1) is 0 Å². The highest BCUT2D eigenvalue weighted by Gasteiger charge is 2.37. The van der Waals surface area contributed by atoms with E-state index in [1.54, 1.807) is 0 Å². The van der Waals surface area contributed by atoms with E-state index in [0.29, 0.717) is 0 Å². The topological polar surface area (TPSA) is 17.4 Å². The van der Waals surface area contributed by atoms with Crippen LogP contribution < -0.4 is 5.06 Å². The van der Waals surface area contributed by atoms with Gasteiger partial charge < -0.3 is 9.09 Å². The number of aromatic nitrogens is 1. The minimum absolute atomic E-state index is 0.843. The summed E-state index contributed by atoms with van der Waals surface area (Å²) >= 11 is 0. The first kappa shape index (κ1) is 19.7. The number of fused-ring (bicyclic) bond motifs is 1. The van der Waals surface area contributed by atoms with E-state index >= 15 is 0 Å². The molecule has 29 heavy (non-hydrogen) atoms. The van der Waals surface area contributed by atoms with Gasteiger partial charge in [-0.15, -0.1) is 0 Å². The van der Waals surface area contributed by atoms with E-state index < -0.39 is 8.32 Å². The molecule has 2 aromatic carbocycles. The third kappa shape index (κ3) is 3.70. The van der Waals surface area contributed by atoms with E-state index in [1.165, 1.54) is 22.4 Å². The van der Waals surface area contributed by atoms with Crippen LogP contribution in [0.1, 0.15) is 31.9 Å². The van der Waals surface area contributed by atoms with Gasteiger partial charge in [0.25, 0.3) is 0 Å². The molecule has 3 nitrogen and oxygen atoms in total. The molecule has 0 saturated heterocycles. The number of hydroxylamine groups is 1. The largest absolute Gasteiger partial charge is 0.328 e. The highest BCUT2D eigenvalue weighted by Crippen LogP contribution is 2.41. The van der Waals surface area contributed by atoms with Crippen LogP contribution in [0.3, 0.4) is 0 Å². The summed E-state index contributed by atoms with van der Waals surface area (Å²) in [6.07, 6.45) is 2.16. The Morgan fingerprint density at radius 3 is 1.93 bits per heavy atom. The molecular formula is C25H30N2OSi. The van der Waals surface area contributed by atoms with E-state index in [4.69, 9.17) is 4.53 Å². The van der Waals surface area contributed by atoms with Crippen LogP contribution in [0.2, 0.25) is 18.1 Å². The molecular weight excluding hydrogens is 372 g/mol. The van der Waals surface area contributed by atoms with E-state index in [2.05, 4.69) is 109 Å². The van der Waals surface area contributed by atoms with Crippen molar-refractivity contribution in [3.8, 4) is 0 Å². The lowest BCUT2D eigenvalue weighted by Gasteiger charge is -2.40. The van der Waals surface area contributed by atoms with E-state index in [0.717, 1.165) is 30.5 Å².